The van der Waals surface area contributed by atoms with E-state index < -0.39 is 17.7 Å². The number of fused-ring (bicyclic) bond motifs is 1. The number of pyridine rings is 1. The SMILES string of the molecule is CC1Cc2cc(/C(O)=C3/C(=O)C(=O)N(c4ccc(C#N)cc4)C3c3ccncc3)ccc2O1. The lowest BCUT2D eigenvalue weighted by Crippen LogP contribution is -2.29. The van der Waals surface area contributed by atoms with Crippen LogP contribution in [-0.2, 0) is 16.0 Å². The Kier molecular flexibility index (Phi) is 4.91. The minimum atomic E-state index is -0.843. The zero-order valence-electron chi connectivity index (χ0n) is 17.7. The average molecular weight is 437 g/mol. The molecule has 5 rings (SSSR count). The molecular weight excluding hydrogens is 418 g/mol. The van der Waals surface area contributed by atoms with Gasteiger partial charge in [0.2, 0.25) is 0 Å². The number of nitrogens with zero attached hydrogens (tertiary/aromatic N) is 3. The number of anilines is 1. The first kappa shape index (κ1) is 20.5. The summed E-state index contributed by atoms with van der Waals surface area (Å²) in [6, 6.07) is 16.3. The summed E-state index contributed by atoms with van der Waals surface area (Å²) in [5.41, 5.74) is 2.91. The number of aromatic nitrogens is 1. The van der Waals surface area contributed by atoms with E-state index in [-0.39, 0.29) is 17.4 Å². The second kappa shape index (κ2) is 7.92. The fraction of sp³-hybridized carbons (Fsp3) is 0.154. The predicted molar refractivity (Wildman–Crippen MR) is 120 cm³/mol. The Morgan fingerprint density at radius 2 is 1.85 bits per heavy atom. The molecule has 0 bridgehead atoms. The molecule has 7 heteroatoms. The molecule has 2 aliphatic rings. The number of rotatable bonds is 3. The lowest BCUT2D eigenvalue weighted by Gasteiger charge is -2.25. The van der Waals surface area contributed by atoms with E-state index in [4.69, 9.17) is 10.00 Å². The van der Waals surface area contributed by atoms with Crippen molar-refractivity contribution in [2.75, 3.05) is 4.90 Å². The lowest BCUT2D eigenvalue weighted by molar-refractivity contribution is -0.132. The van der Waals surface area contributed by atoms with Crippen LogP contribution in [-0.4, -0.2) is 27.9 Å². The molecule has 33 heavy (non-hydrogen) atoms. The Morgan fingerprint density at radius 3 is 2.55 bits per heavy atom. The van der Waals surface area contributed by atoms with E-state index in [1.165, 1.54) is 4.90 Å². The Hall–Kier alpha value is -4.44. The van der Waals surface area contributed by atoms with Gasteiger partial charge in [0.05, 0.1) is 23.2 Å². The molecule has 1 amide bonds. The number of amides is 1. The van der Waals surface area contributed by atoms with Gasteiger partial charge in [-0.3, -0.25) is 19.5 Å². The maximum absolute atomic E-state index is 13.2. The van der Waals surface area contributed by atoms with Crippen molar-refractivity contribution < 1.29 is 19.4 Å². The molecule has 3 heterocycles. The third kappa shape index (κ3) is 3.42. The number of hydrogen-bond donors (Lipinski definition) is 1. The Balaban J connectivity index is 1.67. The monoisotopic (exact) mass is 437 g/mol. The van der Waals surface area contributed by atoms with E-state index in [9.17, 15) is 14.7 Å². The predicted octanol–water partition coefficient (Wildman–Crippen LogP) is 3.90. The quantitative estimate of drug-likeness (QED) is 0.379. The van der Waals surface area contributed by atoms with Gasteiger partial charge in [0.25, 0.3) is 11.7 Å². The smallest absolute Gasteiger partial charge is 0.300 e. The normalized spacial score (nSPS) is 20.9. The number of ether oxygens (including phenoxy) is 1. The number of carbonyl (C=O) groups excluding carboxylic acids is 2. The van der Waals surface area contributed by atoms with E-state index in [0.29, 0.717) is 28.8 Å². The molecule has 0 saturated carbocycles. The van der Waals surface area contributed by atoms with Gasteiger partial charge in [-0.15, -0.1) is 0 Å². The van der Waals surface area contributed by atoms with Gasteiger partial charge >= 0.3 is 0 Å². The maximum Gasteiger partial charge on any atom is 0.300 e. The van der Waals surface area contributed by atoms with E-state index in [0.717, 1.165) is 11.3 Å². The van der Waals surface area contributed by atoms with Gasteiger partial charge in [0, 0.05) is 30.1 Å². The molecule has 0 radical (unpaired) electrons. The summed E-state index contributed by atoms with van der Waals surface area (Å²) in [4.78, 5) is 31.7. The Morgan fingerprint density at radius 1 is 1.12 bits per heavy atom. The highest BCUT2D eigenvalue weighted by atomic mass is 16.5. The van der Waals surface area contributed by atoms with Crippen LogP contribution in [0.15, 0.2) is 72.6 Å². The molecule has 0 spiro atoms. The van der Waals surface area contributed by atoms with Crippen molar-refractivity contribution in [3.05, 3.63) is 94.8 Å². The molecule has 2 atom stereocenters. The van der Waals surface area contributed by atoms with E-state index in [1.807, 2.05) is 13.0 Å². The number of benzene rings is 2. The molecule has 1 N–H and O–H groups in total. The van der Waals surface area contributed by atoms with Gasteiger partial charge in [-0.1, -0.05) is 0 Å². The number of carbonyl (C=O) groups is 2. The Labute approximate surface area is 190 Å². The molecule has 1 fully saturated rings. The van der Waals surface area contributed by atoms with E-state index in [2.05, 4.69) is 4.98 Å². The summed E-state index contributed by atoms with van der Waals surface area (Å²) in [6.45, 7) is 1.96. The minimum absolute atomic E-state index is 0.00229. The van der Waals surface area contributed by atoms with Crippen LogP contribution in [0.25, 0.3) is 5.76 Å². The van der Waals surface area contributed by atoms with Gasteiger partial charge in [-0.2, -0.15) is 5.26 Å². The number of aliphatic hydroxyl groups is 1. The fourth-order valence-electron chi connectivity index (χ4n) is 4.38. The van der Waals surface area contributed by atoms with Crippen molar-refractivity contribution >= 4 is 23.1 Å². The van der Waals surface area contributed by atoms with Crippen LogP contribution < -0.4 is 9.64 Å². The van der Waals surface area contributed by atoms with Crippen molar-refractivity contribution in [3.63, 3.8) is 0 Å². The van der Waals surface area contributed by atoms with Gasteiger partial charge < -0.3 is 9.84 Å². The van der Waals surface area contributed by atoms with Gasteiger partial charge in [-0.05, 0) is 72.6 Å². The zero-order chi connectivity index (χ0) is 23.1. The first-order chi connectivity index (χ1) is 16.0. The summed E-state index contributed by atoms with van der Waals surface area (Å²) in [5, 5.41) is 20.4. The topological polar surface area (TPSA) is 104 Å². The van der Waals surface area contributed by atoms with Crippen LogP contribution >= 0.6 is 0 Å². The summed E-state index contributed by atoms with van der Waals surface area (Å²) in [7, 11) is 0. The van der Waals surface area contributed by atoms with Crippen LogP contribution in [0, 0.1) is 11.3 Å². The average Bonchev–Trinajstić information content (AvgIpc) is 3.34. The molecule has 0 aliphatic carbocycles. The zero-order valence-corrected chi connectivity index (χ0v) is 17.7. The van der Waals surface area contributed by atoms with Crippen molar-refractivity contribution in [3.8, 4) is 11.8 Å². The van der Waals surface area contributed by atoms with Crippen LogP contribution in [0.3, 0.4) is 0 Å². The molecule has 1 saturated heterocycles. The number of hydrogen-bond acceptors (Lipinski definition) is 6. The highest BCUT2D eigenvalue weighted by molar-refractivity contribution is 6.51. The summed E-state index contributed by atoms with van der Waals surface area (Å²) < 4.78 is 5.73. The standard InChI is InChI=1S/C26H19N3O4/c1-15-12-19-13-18(4-7-21(19)33-15)24(30)22-23(17-8-10-28-11-9-17)29(26(32)25(22)31)20-5-2-16(14-27)3-6-20/h2-11,13,15,23,30H,12H2,1H3/b24-22-. The molecule has 2 aliphatic heterocycles. The molecule has 7 nitrogen and oxygen atoms in total. The third-order valence-corrected chi connectivity index (χ3v) is 5.91. The second-order valence-electron chi connectivity index (χ2n) is 8.06. The highest BCUT2D eigenvalue weighted by Gasteiger charge is 2.47. The first-order valence-electron chi connectivity index (χ1n) is 10.5. The summed E-state index contributed by atoms with van der Waals surface area (Å²) in [6.07, 6.45) is 3.88. The lowest BCUT2D eigenvalue weighted by atomic mass is 9.95. The maximum atomic E-state index is 13.2. The van der Waals surface area contributed by atoms with Crippen LogP contribution in [0.2, 0.25) is 0 Å². The summed E-state index contributed by atoms with van der Waals surface area (Å²) in [5.74, 6) is -1.01. The van der Waals surface area contributed by atoms with Crippen molar-refractivity contribution in [1.82, 2.24) is 4.98 Å². The Bertz CT molecular complexity index is 1340. The number of Topliss-reactive ketones (excluding diaryl/α,β-unsaturated/α-hetero) is 1. The van der Waals surface area contributed by atoms with Gasteiger partial charge in [0.1, 0.15) is 17.6 Å². The second-order valence-corrected chi connectivity index (χ2v) is 8.06. The van der Waals surface area contributed by atoms with Crippen LogP contribution in [0.1, 0.15) is 35.2 Å². The molecule has 1 aromatic heterocycles. The van der Waals surface area contributed by atoms with Crippen LogP contribution in [0.5, 0.6) is 5.75 Å². The summed E-state index contributed by atoms with van der Waals surface area (Å²) >= 11 is 0. The number of ketones is 1. The van der Waals surface area contributed by atoms with Crippen molar-refractivity contribution in [2.24, 2.45) is 0 Å². The molecular formula is C26H19N3O4. The number of nitriles is 1. The fourth-order valence-corrected chi connectivity index (χ4v) is 4.38. The molecule has 2 unspecified atom stereocenters. The molecule has 3 aromatic rings. The number of aliphatic hydroxyl groups excluding tert-OH is 1. The highest BCUT2D eigenvalue weighted by Crippen LogP contribution is 2.42. The molecule has 2 aromatic carbocycles. The van der Waals surface area contributed by atoms with Gasteiger partial charge in [-0.25, -0.2) is 0 Å². The molecule has 162 valence electrons. The van der Waals surface area contributed by atoms with Crippen molar-refractivity contribution in [1.29, 1.82) is 5.26 Å². The largest absolute Gasteiger partial charge is 0.507 e. The van der Waals surface area contributed by atoms with Crippen molar-refractivity contribution in [2.45, 2.75) is 25.5 Å². The van der Waals surface area contributed by atoms with E-state index in [1.54, 1.807) is 67.0 Å². The third-order valence-electron chi connectivity index (χ3n) is 5.91. The van der Waals surface area contributed by atoms with Gasteiger partial charge in [0.15, 0.2) is 0 Å². The minimum Gasteiger partial charge on any atom is -0.507 e. The first-order valence-corrected chi connectivity index (χ1v) is 10.5. The van der Waals surface area contributed by atoms with E-state index >= 15 is 0 Å². The van der Waals surface area contributed by atoms with Crippen LogP contribution in [0.4, 0.5) is 5.69 Å².